The van der Waals surface area contributed by atoms with Crippen molar-refractivity contribution in [2.45, 2.75) is 13.1 Å². The third-order valence-corrected chi connectivity index (χ3v) is 4.95. The zero-order valence-electron chi connectivity index (χ0n) is 13.5. The second-order valence-electron chi connectivity index (χ2n) is 6.19. The number of rotatable bonds is 4. The van der Waals surface area contributed by atoms with E-state index in [1.807, 2.05) is 30.6 Å². The topological polar surface area (TPSA) is 48.1 Å². The number of benzene rings is 1. The standard InChI is InChI=1S/C18H20ClN5/c19-16-4-3-14-2-1-5-22-18(14)15(16)12-23-8-10-24(11-9-23)13-17-20-6-7-21-17/h1-7H,8-13H2,(H,20,21). The highest BCUT2D eigenvalue weighted by molar-refractivity contribution is 6.32. The molecule has 2 aromatic heterocycles. The molecule has 0 unspecified atom stereocenters. The molecule has 4 rings (SSSR count). The van der Waals surface area contributed by atoms with E-state index in [0.717, 1.165) is 66.6 Å². The second kappa shape index (κ2) is 6.89. The Morgan fingerprint density at radius 3 is 2.50 bits per heavy atom. The first-order valence-corrected chi connectivity index (χ1v) is 8.62. The molecule has 3 heterocycles. The number of nitrogens with one attached hydrogen (secondary N) is 1. The Morgan fingerprint density at radius 2 is 1.75 bits per heavy atom. The number of piperazine rings is 1. The highest BCUT2D eigenvalue weighted by atomic mass is 35.5. The first kappa shape index (κ1) is 15.6. The van der Waals surface area contributed by atoms with E-state index < -0.39 is 0 Å². The monoisotopic (exact) mass is 341 g/mol. The molecular weight excluding hydrogens is 322 g/mol. The van der Waals surface area contributed by atoms with Crippen LogP contribution in [0.2, 0.25) is 5.02 Å². The number of hydrogen-bond acceptors (Lipinski definition) is 4. The number of aromatic amines is 1. The molecule has 0 atom stereocenters. The molecule has 1 N–H and O–H groups in total. The van der Waals surface area contributed by atoms with E-state index in [1.54, 1.807) is 6.20 Å². The molecule has 24 heavy (non-hydrogen) atoms. The summed E-state index contributed by atoms with van der Waals surface area (Å²) in [7, 11) is 0. The molecular formula is C18H20ClN5. The molecule has 0 spiro atoms. The minimum absolute atomic E-state index is 0.805. The third kappa shape index (κ3) is 3.29. The summed E-state index contributed by atoms with van der Waals surface area (Å²) in [6, 6.07) is 8.07. The Hall–Kier alpha value is -1.95. The molecule has 0 radical (unpaired) electrons. The SMILES string of the molecule is Clc1ccc2cccnc2c1CN1CCN(Cc2ncc[nH]2)CC1. The van der Waals surface area contributed by atoms with Crippen LogP contribution in [-0.2, 0) is 13.1 Å². The maximum atomic E-state index is 6.46. The molecule has 6 heteroatoms. The number of H-pyrrole nitrogens is 1. The van der Waals surface area contributed by atoms with E-state index in [2.05, 4.69) is 30.8 Å². The van der Waals surface area contributed by atoms with Crippen molar-refractivity contribution >= 4 is 22.5 Å². The lowest BCUT2D eigenvalue weighted by atomic mass is 10.1. The molecule has 1 aromatic carbocycles. The van der Waals surface area contributed by atoms with E-state index in [1.165, 1.54) is 0 Å². The molecule has 3 aromatic rings. The normalized spacial score (nSPS) is 16.7. The highest BCUT2D eigenvalue weighted by Gasteiger charge is 2.19. The van der Waals surface area contributed by atoms with Gasteiger partial charge in [-0.05, 0) is 12.1 Å². The van der Waals surface area contributed by atoms with Crippen molar-refractivity contribution < 1.29 is 0 Å². The largest absolute Gasteiger partial charge is 0.348 e. The lowest BCUT2D eigenvalue weighted by Crippen LogP contribution is -2.45. The van der Waals surface area contributed by atoms with E-state index in [-0.39, 0.29) is 0 Å². The van der Waals surface area contributed by atoms with Crippen LogP contribution >= 0.6 is 11.6 Å². The zero-order valence-corrected chi connectivity index (χ0v) is 14.2. The Bertz CT molecular complexity index is 809. The van der Waals surface area contributed by atoms with Gasteiger partial charge >= 0.3 is 0 Å². The third-order valence-electron chi connectivity index (χ3n) is 4.60. The van der Waals surface area contributed by atoms with Crippen LogP contribution in [0.15, 0.2) is 42.9 Å². The van der Waals surface area contributed by atoms with Crippen LogP contribution in [0.25, 0.3) is 10.9 Å². The Labute approximate surface area is 146 Å². The minimum atomic E-state index is 0.805. The molecule has 0 bridgehead atoms. The van der Waals surface area contributed by atoms with Gasteiger partial charge in [0.15, 0.2) is 0 Å². The predicted octanol–water partition coefficient (Wildman–Crippen LogP) is 2.93. The van der Waals surface area contributed by atoms with Crippen molar-refractivity contribution in [2.75, 3.05) is 26.2 Å². The van der Waals surface area contributed by atoms with Crippen LogP contribution < -0.4 is 0 Å². The van der Waals surface area contributed by atoms with Crippen LogP contribution in [-0.4, -0.2) is 50.9 Å². The average Bonchev–Trinajstić information content (AvgIpc) is 3.12. The summed E-state index contributed by atoms with van der Waals surface area (Å²) >= 11 is 6.46. The van der Waals surface area contributed by atoms with Crippen LogP contribution in [0.3, 0.4) is 0 Å². The second-order valence-corrected chi connectivity index (χ2v) is 6.60. The molecule has 124 valence electrons. The fourth-order valence-corrected chi connectivity index (χ4v) is 3.47. The number of fused-ring (bicyclic) bond motifs is 1. The molecule has 1 aliphatic rings. The smallest absolute Gasteiger partial charge is 0.120 e. The maximum Gasteiger partial charge on any atom is 0.120 e. The lowest BCUT2D eigenvalue weighted by Gasteiger charge is -2.34. The van der Waals surface area contributed by atoms with Crippen molar-refractivity contribution in [3.8, 4) is 0 Å². The van der Waals surface area contributed by atoms with Gasteiger partial charge in [-0.3, -0.25) is 14.8 Å². The average molecular weight is 342 g/mol. The molecule has 1 fully saturated rings. The molecule has 1 saturated heterocycles. The molecule has 0 aliphatic carbocycles. The van der Waals surface area contributed by atoms with E-state index >= 15 is 0 Å². The summed E-state index contributed by atoms with van der Waals surface area (Å²) in [6.45, 7) is 5.87. The van der Waals surface area contributed by atoms with Gasteiger partial charge in [0.2, 0.25) is 0 Å². The zero-order chi connectivity index (χ0) is 16.4. The van der Waals surface area contributed by atoms with Crippen LogP contribution in [0.4, 0.5) is 0 Å². The number of halogens is 1. The van der Waals surface area contributed by atoms with Crippen molar-refractivity contribution in [2.24, 2.45) is 0 Å². The Morgan fingerprint density at radius 1 is 0.958 bits per heavy atom. The van der Waals surface area contributed by atoms with Crippen LogP contribution in [0.1, 0.15) is 11.4 Å². The van der Waals surface area contributed by atoms with Gasteiger partial charge in [0.05, 0.1) is 12.1 Å². The van der Waals surface area contributed by atoms with Crippen LogP contribution in [0, 0.1) is 0 Å². The summed E-state index contributed by atoms with van der Waals surface area (Å²) in [5.74, 6) is 1.03. The molecule has 0 amide bonds. The Balaban J connectivity index is 1.43. The van der Waals surface area contributed by atoms with E-state index in [9.17, 15) is 0 Å². The summed E-state index contributed by atoms with van der Waals surface area (Å²) in [6.07, 6.45) is 5.52. The van der Waals surface area contributed by atoms with Gasteiger partial charge < -0.3 is 4.98 Å². The van der Waals surface area contributed by atoms with Crippen LogP contribution in [0.5, 0.6) is 0 Å². The van der Waals surface area contributed by atoms with Crippen molar-refractivity contribution in [1.29, 1.82) is 0 Å². The molecule has 5 nitrogen and oxygen atoms in total. The highest BCUT2D eigenvalue weighted by Crippen LogP contribution is 2.26. The van der Waals surface area contributed by atoms with E-state index in [4.69, 9.17) is 11.6 Å². The number of pyridine rings is 1. The quantitative estimate of drug-likeness (QED) is 0.792. The predicted molar refractivity (Wildman–Crippen MR) is 95.9 cm³/mol. The Kier molecular flexibility index (Phi) is 4.47. The number of hydrogen-bond donors (Lipinski definition) is 1. The fraction of sp³-hybridized carbons (Fsp3) is 0.333. The first-order chi connectivity index (χ1) is 11.8. The van der Waals surface area contributed by atoms with E-state index in [0.29, 0.717) is 0 Å². The van der Waals surface area contributed by atoms with Gasteiger partial charge in [-0.2, -0.15) is 0 Å². The summed E-state index contributed by atoms with van der Waals surface area (Å²) < 4.78 is 0. The van der Waals surface area contributed by atoms with Crippen molar-refractivity contribution in [3.63, 3.8) is 0 Å². The van der Waals surface area contributed by atoms with Crippen molar-refractivity contribution in [3.05, 3.63) is 59.3 Å². The molecule has 0 saturated carbocycles. The number of nitrogens with zero attached hydrogens (tertiary/aromatic N) is 4. The van der Waals surface area contributed by atoms with Gasteiger partial charge in [0.25, 0.3) is 0 Å². The maximum absolute atomic E-state index is 6.46. The fourth-order valence-electron chi connectivity index (χ4n) is 3.26. The number of imidazole rings is 1. The summed E-state index contributed by atoms with van der Waals surface area (Å²) in [4.78, 5) is 16.9. The summed E-state index contributed by atoms with van der Waals surface area (Å²) in [5.41, 5.74) is 2.15. The van der Waals surface area contributed by atoms with Gasteiger partial charge in [-0.1, -0.05) is 23.7 Å². The van der Waals surface area contributed by atoms with Gasteiger partial charge in [-0.15, -0.1) is 0 Å². The minimum Gasteiger partial charge on any atom is -0.348 e. The number of aromatic nitrogens is 3. The lowest BCUT2D eigenvalue weighted by molar-refractivity contribution is 0.120. The van der Waals surface area contributed by atoms with Gasteiger partial charge in [-0.25, -0.2) is 4.98 Å². The summed E-state index contributed by atoms with van der Waals surface area (Å²) in [5, 5.41) is 1.95. The van der Waals surface area contributed by atoms with Gasteiger partial charge in [0.1, 0.15) is 5.82 Å². The molecule has 1 aliphatic heterocycles. The van der Waals surface area contributed by atoms with Gasteiger partial charge in [0, 0.05) is 67.3 Å². The first-order valence-electron chi connectivity index (χ1n) is 8.25. The van der Waals surface area contributed by atoms with Crippen molar-refractivity contribution in [1.82, 2.24) is 24.8 Å².